The zero-order valence-corrected chi connectivity index (χ0v) is 42.6. The number of hydrogen-bond acceptors (Lipinski definition) is 6. The summed E-state index contributed by atoms with van der Waals surface area (Å²) in [5.74, 6) is -0.941. The van der Waals surface area contributed by atoms with Crippen LogP contribution in [0, 0.1) is 0 Å². The molecule has 0 saturated heterocycles. The van der Waals surface area contributed by atoms with Gasteiger partial charge in [-0.25, -0.2) is 0 Å². The predicted molar refractivity (Wildman–Crippen MR) is 275 cm³/mol. The normalized spacial score (nSPS) is 12.4. The molecule has 0 N–H and O–H groups in total. The first-order chi connectivity index (χ1) is 31.5. The Bertz CT molecular complexity index is 1120. The van der Waals surface area contributed by atoms with Crippen molar-refractivity contribution in [3.63, 3.8) is 0 Å². The van der Waals surface area contributed by atoms with Gasteiger partial charge in [0.1, 0.15) is 13.2 Å². The molecule has 0 aromatic carbocycles. The van der Waals surface area contributed by atoms with Crippen molar-refractivity contribution in [1.82, 2.24) is 0 Å². The van der Waals surface area contributed by atoms with Crippen molar-refractivity contribution >= 4 is 17.9 Å². The maximum atomic E-state index is 12.8. The lowest BCUT2D eigenvalue weighted by Crippen LogP contribution is -2.30. The Morgan fingerprint density at radius 3 is 0.938 bits per heavy atom. The van der Waals surface area contributed by atoms with Crippen LogP contribution in [0.15, 0.2) is 48.6 Å². The molecule has 0 amide bonds. The molecule has 0 aromatic rings. The summed E-state index contributed by atoms with van der Waals surface area (Å²) in [6.07, 6.45) is 63.9. The average molecular weight is 897 g/mol. The fraction of sp³-hybridized carbons (Fsp3) is 0.810. The van der Waals surface area contributed by atoms with Gasteiger partial charge in [0, 0.05) is 19.3 Å². The summed E-state index contributed by atoms with van der Waals surface area (Å²) in [6, 6.07) is 0. The number of esters is 3. The Hall–Kier alpha value is -2.63. The van der Waals surface area contributed by atoms with Crippen LogP contribution in [0.25, 0.3) is 0 Å². The van der Waals surface area contributed by atoms with Gasteiger partial charge in [0.2, 0.25) is 0 Å². The number of unbranched alkanes of at least 4 members (excludes halogenated alkanes) is 31. The average Bonchev–Trinajstić information content (AvgIpc) is 3.29. The van der Waals surface area contributed by atoms with Crippen molar-refractivity contribution in [2.45, 2.75) is 290 Å². The lowest BCUT2D eigenvalue weighted by Gasteiger charge is -2.18. The largest absolute Gasteiger partial charge is 0.462 e. The Morgan fingerprint density at radius 1 is 0.312 bits per heavy atom. The third kappa shape index (κ3) is 50.4. The molecular weight excluding hydrogens is 793 g/mol. The van der Waals surface area contributed by atoms with Crippen molar-refractivity contribution in [3.05, 3.63) is 48.6 Å². The fourth-order valence-electron chi connectivity index (χ4n) is 7.87. The third-order valence-corrected chi connectivity index (χ3v) is 12.1. The van der Waals surface area contributed by atoms with Crippen molar-refractivity contribution < 1.29 is 28.6 Å². The molecular formula is C58H104O6. The molecule has 0 heterocycles. The first-order valence-electron chi connectivity index (χ1n) is 27.6. The number of rotatable bonds is 50. The Morgan fingerprint density at radius 2 is 0.578 bits per heavy atom. The SMILES string of the molecule is CCCCCCCC/C=C\C/C=C\C/C=C\CCCC(=O)OC(COC(=O)CCCCCCCCC/C=C\CCCCCCCCCC)COC(=O)CCCCCCCCCCCC. The second-order valence-electron chi connectivity index (χ2n) is 18.5. The van der Waals surface area contributed by atoms with Crippen LogP contribution in [0.5, 0.6) is 0 Å². The second-order valence-corrected chi connectivity index (χ2v) is 18.5. The molecule has 0 bridgehead atoms. The molecule has 0 aliphatic rings. The third-order valence-electron chi connectivity index (χ3n) is 12.1. The minimum atomic E-state index is -0.798. The molecule has 0 rings (SSSR count). The molecule has 0 spiro atoms. The molecule has 6 nitrogen and oxygen atoms in total. The summed E-state index contributed by atoms with van der Waals surface area (Å²) in [6.45, 7) is 6.59. The van der Waals surface area contributed by atoms with Gasteiger partial charge < -0.3 is 14.2 Å². The van der Waals surface area contributed by atoms with Crippen LogP contribution in [-0.4, -0.2) is 37.2 Å². The van der Waals surface area contributed by atoms with E-state index in [-0.39, 0.29) is 37.5 Å². The quantitative estimate of drug-likeness (QED) is 0.0262. The monoisotopic (exact) mass is 897 g/mol. The van der Waals surface area contributed by atoms with E-state index in [1.807, 2.05) is 0 Å². The van der Waals surface area contributed by atoms with Gasteiger partial charge in [0.15, 0.2) is 6.10 Å². The first kappa shape index (κ1) is 61.4. The van der Waals surface area contributed by atoms with E-state index in [1.54, 1.807) is 0 Å². The van der Waals surface area contributed by atoms with Crippen molar-refractivity contribution in [2.24, 2.45) is 0 Å². The Kier molecular flexibility index (Phi) is 50.8. The van der Waals surface area contributed by atoms with Crippen LogP contribution in [-0.2, 0) is 28.6 Å². The van der Waals surface area contributed by atoms with Gasteiger partial charge in [-0.2, -0.15) is 0 Å². The summed E-state index contributed by atoms with van der Waals surface area (Å²) in [5, 5.41) is 0. The smallest absolute Gasteiger partial charge is 0.306 e. The fourth-order valence-corrected chi connectivity index (χ4v) is 7.87. The maximum Gasteiger partial charge on any atom is 0.306 e. The summed E-state index contributed by atoms with van der Waals surface area (Å²) in [5.41, 5.74) is 0. The van der Waals surface area contributed by atoms with Crippen LogP contribution in [0.3, 0.4) is 0 Å². The van der Waals surface area contributed by atoms with E-state index in [0.29, 0.717) is 19.3 Å². The molecule has 6 heteroatoms. The Labute approximate surface area is 397 Å². The van der Waals surface area contributed by atoms with Gasteiger partial charge >= 0.3 is 17.9 Å². The number of hydrogen-bond donors (Lipinski definition) is 0. The van der Waals surface area contributed by atoms with Gasteiger partial charge in [0.05, 0.1) is 0 Å². The van der Waals surface area contributed by atoms with Gasteiger partial charge in [0.25, 0.3) is 0 Å². The predicted octanol–water partition coefficient (Wildman–Crippen LogP) is 18.3. The molecule has 0 aliphatic carbocycles. The standard InChI is InChI=1S/C58H104O6/c1-4-7-10-13-16-19-22-24-26-28-29-31-32-34-36-39-42-45-48-51-57(60)63-54-55(53-62-56(59)50-47-44-41-38-21-18-15-12-9-6-3)64-58(61)52-49-46-43-40-37-35-33-30-27-25-23-20-17-14-11-8-5-2/h25,27-29,33,35,40,43,55H,4-24,26,30-32,34,36-39,41-42,44-54H2,1-3H3/b27-25-,29-28-,35-33-,43-40-. The summed E-state index contributed by atoms with van der Waals surface area (Å²) >= 11 is 0. The van der Waals surface area contributed by atoms with E-state index in [1.165, 1.54) is 180 Å². The zero-order chi connectivity index (χ0) is 46.5. The maximum absolute atomic E-state index is 12.8. The van der Waals surface area contributed by atoms with E-state index in [2.05, 4.69) is 69.4 Å². The molecule has 64 heavy (non-hydrogen) atoms. The molecule has 0 fully saturated rings. The van der Waals surface area contributed by atoms with Crippen molar-refractivity contribution in [2.75, 3.05) is 13.2 Å². The first-order valence-corrected chi connectivity index (χ1v) is 27.6. The van der Waals surface area contributed by atoms with Crippen LogP contribution < -0.4 is 0 Å². The van der Waals surface area contributed by atoms with Crippen molar-refractivity contribution in [3.8, 4) is 0 Å². The van der Waals surface area contributed by atoms with Crippen molar-refractivity contribution in [1.29, 1.82) is 0 Å². The minimum absolute atomic E-state index is 0.0921. The van der Waals surface area contributed by atoms with E-state index < -0.39 is 6.10 Å². The zero-order valence-electron chi connectivity index (χ0n) is 42.6. The minimum Gasteiger partial charge on any atom is -0.462 e. The van der Waals surface area contributed by atoms with Gasteiger partial charge in [-0.05, 0) is 77.0 Å². The molecule has 0 aliphatic heterocycles. The molecule has 1 atom stereocenters. The lowest BCUT2D eigenvalue weighted by atomic mass is 10.1. The number of ether oxygens (including phenoxy) is 3. The van der Waals surface area contributed by atoms with Gasteiger partial charge in [-0.15, -0.1) is 0 Å². The van der Waals surface area contributed by atoms with Gasteiger partial charge in [-0.3, -0.25) is 14.4 Å². The summed E-state index contributed by atoms with van der Waals surface area (Å²) in [4.78, 5) is 38.0. The van der Waals surface area contributed by atoms with Gasteiger partial charge in [-0.1, -0.05) is 236 Å². The molecule has 0 saturated carbocycles. The number of allylic oxidation sites excluding steroid dienone is 8. The molecule has 0 radical (unpaired) electrons. The number of carbonyl (C=O) groups is 3. The molecule has 372 valence electrons. The van der Waals surface area contributed by atoms with E-state index >= 15 is 0 Å². The van der Waals surface area contributed by atoms with E-state index in [4.69, 9.17) is 14.2 Å². The highest BCUT2D eigenvalue weighted by Gasteiger charge is 2.19. The number of carbonyl (C=O) groups excluding carboxylic acids is 3. The summed E-state index contributed by atoms with van der Waals surface area (Å²) < 4.78 is 16.8. The van der Waals surface area contributed by atoms with Crippen LogP contribution in [0.4, 0.5) is 0 Å². The second kappa shape index (κ2) is 53.0. The highest BCUT2D eigenvalue weighted by atomic mass is 16.6. The highest BCUT2D eigenvalue weighted by Crippen LogP contribution is 2.15. The van der Waals surface area contributed by atoms with Crippen LogP contribution >= 0.6 is 0 Å². The Balaban J connectivity index is 4.38. The molecule has 0 aromatic heterocycles. The molecule has 1 unspecified atom stereocenters. The summed E-state index contributed by atoms with van der Waals surface area (Å²) in [7, 11) is 0. The van der Waals surface area contributed by atoms with E-state index in [0.717, 1.165) is 57.8 Å². The van der Waals surface area contributed by atoms with Crippen LogP contribution in [0.1, 0.15) is 284 Å². The van der Waals surface area contributed by atoms with Crippen LogP contribution in [0.2, 0.25) is 0 Å². The van der Waals surface area contributed by atoms with E-state index in [9.17, 15) is 14.4 Å². The topological polar surface area (TPSA) is 78.9 Å². The lowest BCUT2D eigenvalue weighted by molar-refractivity contribution is -0.167. The highest BCUT2D eigenvalue weighted by molar-refractivity contribution is 5.71.